The Balaban J connectivity index is 1.48. The third kappa shape index (κ3) is 6.05. The maximum absolute atomic E-state index is 12.7. The first kappa shape index (κ1) is 20.3. The maximum atomic E-state index is 12.7. The lowest BCUT2D eigenvalue weighted by Crippen LogP contribution is -2.13. The highest BCUT2D eigenvalue weighted by molar-refractivity contribution is 6.31. The van der Waals surface area contributed by atoms with Crippen LogP contribution in [0.2, 0.25) is 5.02 Å². The molecule has 0 aliphatic rings. The smallest absolute Gasteiger partial charge is 0.258 e. The lowest BCUT2D eigenvalue weighted by Gasteiger charge is -2.06. The van der Waals surface area contributed by atoms with Crippen molar-refractivity contribution >= 4 is 29.5 Å². The molecule has 3 rings (SSSR count). The van der Waals surface area contributed by atoms with Gasteiger partial charge in [-0.1, -0.05) is 22.8 Å². The Labute approximate surface area is 171 Å². The third-order valence-electron chi connectivity index (χ3n) is 3.80. The molecule has 0 radical (unpaired) electrons. The van der Waals surface area contributed by atoms with Crippen molar-refractivity contribution in [3.63, 3.8) is 0 Å². The number of hydrogen-bond donors (Lipinski definition) is 1. The summed E-state index contributed by atoms with van der Waals surface area (Å²) >= 11 is 5.94. The van der Waals surface area contributed by atoms with Crippen molar-refractivity contribution in [2.75, 3.05) is 5.32 Å². The molecule has 3 aromatic rings. The Morgan fingerprint density at radius 1 is 1.17 bits per heavy atom. The minimum absolute atomic E-state index is 0.274. The van der Waals surface area contributed by atoms with Gasteiger partial charge in [-0.15, -0.1) is 0 Å². The molecule has 0 bridgehead atoms. The van der Waals surface area contributed by atoms with Crippen LogP contribution in [0.25, 0.3) is 0 Å². The second-order valence-corrected chi connectivity index (χ2v) is 6.35. The molecule has 29 heavy (non-hydrogen) atoms. The predicted molar refractivity (Wildman–Crippen MR) is 108 cm³/mol. The van der Waals surface area contributed by atoms with Gasteiger partial charge in [0.05, 0.1) is 16.8 Å². The minimum Gasteiger partial charge on any atom is -0.354 e. The molecule has 0 unspecified atom stereocenters. The summed E-state index contributed by atoms with van der Waals surface area (Å²) in [5, 5.41) is 6.96. The lowest BCUT2D eigenvalue weighted by atomic mass is 10.1. The zero-order chi connectivity index (χ0) is 20.5. The van der Waals surface area contributed by atoms with Crippen LogP contribution in [0, 0.1) is 0 Å². The van der Waals surface area contributed by atoms with Crippen LogP contribution >= 0.6 is 11.6 Å². The highest BCUT2D eigenvalue weighted by Crippen LogP contribution is 2.21. The molecule has 0 aromatic carbocycles. The lowest BCUT2D eigenvalue weighted by molar-refractivity contribution is 0.102. The van der Waals surface area contributed by atoms with Gasteiger partial charge >= 0.3 is 0 Å². The molecular formula is C20H17ClFN5O2. The van der Waals surface area contributed by atoms with Crippen LogP contribution in [-0.2, 0) is 13.1 Å². The van der Waals surface area contributed by atoms with Gasteiger partial charge < -0.3 is 10.2 Å². The van der Waals surface area contributed by atoms with Crippen molar-refractivity contribution in [3.8, 4) is 5.75 Å². The molecule has 148 valence electrons. The number of amides is 1. The number of hydrogen-bond acceptors (Lipinski definition) is 6. The summed E-state index contributed by atoms with van der Waals surface area (Å²) in [6, 6.07) is 6.62. The molecule has 0 aliphatic carbocycles. The summed E-state index contributed by atoms with van der Waals surface area (Å²) in [7, 11) is 0. The molecule has 0 aliphatic heterocycles. The highest BCUT2D eigenvalue weighted by atomic mass is 35.5. The fraction of sp³-hybridized carbons (Fsp3) is 0.150. The van der Waals surface area contributed by atoms with Crippen LogP contribution < -0.4 is 10.2 Å². The van der Waals surface area contributed by atoms with E-state index in [1.165, 1.54) is 24.7 Å². The minimum atomic E-state index is -0.676. The van der Waals surface area contributed by atoms with E-state index in [0.29, 0.717) is 35.0 Å². The van der Waals surface area contributed by atoms with Crippen LogP contribution in [0.4, 0.5) is 10.2 Å². The van der Waals surface area contributed by atoms with E-state index >= 15 is 0 Å². The number of aryl methyl sites for hydroxylation is 1. The molecule has 0 spiro atoms. The number of alkyl halides is 1. The SMILES string of the molecule is O=C(Nc1ccc(CC/C=N/Oc2cnccc2Cl)cn1)c1cncc(CF)c1. The number of carbonyl (C=O) groups excluding carboxylic acids is 1. The molecule has 0 atom stereocenters. The van der Waals surface area contributed by atoms with Gasteiger partial charge in [0.15, 0.2) is 5.75 Å². The largest absolute Gasteiger partial charge is 0.354 e. The average Bonchev–Trinajstić information content (AvgIpc) is 2.76. The number of oxime groups is 1. The summed E-state index contributed by atoms with van der Waals surface area (Å²) in [5.74, 6) is 0.387. The molecule has 9 heteroatoms. The second-order valence-electron chi connectivity index (χ2n) is 5.95. The monoisotopic (exact) mass is 413 g/mol. The van der Waals surface area contributed by atoms with E-state index in [0.717, 1.165) is 5.56 Å². The Bertz CT molecular complexity index is 998. The van der Waals surface area contributed by atoms with Crippen molar-refractivity contribution in [1.29, 1.82) is 0 Å². The van der Waals surface area contributed by atoms with E-state index in [1.54, 1.807) is 30.7 Å². The second kappa shape index (κ2) is 10.2. The number of rotatable bonds is 8. The number of carbonyl (C=O) groups is 1. The fourth-order valence-electron chi connectivity index (χ4n) is 2.33. The Morgan fingerprint density at radius 3 is 2.83 bits per heavy atom. The summed E-state index contributed by atoms with van der Waals surface area (Å²) < 4.78 is 12.7. The number of halogens is 2. The summed E-state index contributed by atoms with van der Waals surface area (Å²) in [6.07, 6.45) is 10.4. The van der Waals surface area contributed by atoms with Gasteiger partial charge in [-0.2, -0.15) is 0 Å². The molecule has 3 aromatic heterocycles. The first-order chi connectivity index (χ1) is 14.2. The normalized spacial score (nSPS) is 10.8. The van der Waals surface area contributed by atoms with E-state index in [2.05, 4.69) is 25.4 Å². The Morgan fingerprint density at radius 2 is 2.07 bits per heavy atom. The van der Waals surface area contributed by atoms with Gasteiger partial charge in [-0.3, -0.25) is 14.8 Å². The van der Waals surface area contributed by atoms with Crippen LogP contribution in [-0.4, -0.2) is 27.1 Å². The first-order valence-corrected chi connectivity index (χ1v) is 9.08. The van der Waals surface area contributed by atoms with E-state index < -0.39 is 12.6 Å². The Hall–Kier alpha value is -3.39. The zero-order valence-electron chi connectivity index (χ0n) is 15.3. The van der Waals surface area contributed by atoms with Crippen molar-refractivity contribution in [1.82, 2.24) is 15.0 Å². The Kier molecular flexibility index (Phi) is 7.18. The van der Waals surface area contributed by atoms with Gasteiger partial charge in [-0.25, -0.2) is 9.37 Å². The summed E-state index contributed by atoms with van der Waals surface area (Å²) in [6.45, 7) is -0.676. The standard InChI is InChI=1S/C20H17ClFN5O2/c21-17-5-7-23-13-18(17)29-26-6-1-2-14-3-4-19(25-11-14)27-20(28)16-8-15(9-22)10-24-12-16/h3-8,10-13H,1-2,9H2,(H,25,27,28)/b26-6+. The van der Waals surface area contributed by atoms with Crippen molar-refractivity contribution in [3.05, 3.63) is 77.0 Å². The quantitative estimate of drug-likeness (QED) is 0.440. The fourth-order valence-corrected chi connectivity index (χ4v) is 2.47. The number of nitrogens with one attached hydrogen (secondary N) is 1. The maximum Gasteiger partial charge on any atom is 0.258 e. The zero-order valence-corrected chi connectivity index (χ0v) is 16.0. The van der Waals surface area contributed by atoms with Gasteiger partial charge in [0, 0.05) is 36.6 Å². The topological polar surface area (TPSA) is 89.4 Å². The van der Waals surface area contributed by atoms with Gasteiger partial charge in [0.25, 0.3) is 5.91 Å². The van der Waals surface area contributed by atoms with Crippen molar-refractivity contribution < 1.29 is 14.0 Å². The molecule has 7 nitrogen and oxygen atoms in total. The average molecular weight is 414 g/mol. The van der Waals surface area contributed by atoms with Gasteiger partial charge in [-0.05, 0) is 36.6 Å². The molecule has 0 fully saturated rings. The van der Waals surface area contributed by atoms with E-state index in [9.17, 15) is 9.18 Å². The van der Waals surface area contributed by atoms with E-state index in [4.69, 9.17) is 16.4 Å². The molecule has 0 saturated heterocycles. The van der Waals surface area contributed by atoms with Gasteiger partial charge in [0.1, 0.15) is 12.5 Å². The van der Waals surface area contributed by atoms with Crippen LogP contribution in [0.1, 0.15) is 27.9 Å². The third-order valence-corrected chi connectivity index (χ3v) is 4.11. The van der Waals surface area contributed by atoms with Crippen LogP contribution in [0.3, 0.4) is 0 Å². The van der Waals surface area contributed by atoms with Crippen LogP contribution in [0.15, 0.2) is 60.4 Å². The van der Waals surface area contributed by atoms with E-state index in [-0.39, 0.29) is 5.56 Å². The van der Waals surface area contributed by atoms with E-state index in [1.807, 2.05) is 6.07 Å². The summed E-state index contributed by atoms with van der Waals surface area (Å²) in [5.41, 5.74) is 1.59. The molecular weight excluding hydrogens is 397 g/mol. The number of pyridine rings is 3. The summed E-state index contributed by atoms with van der Waals surface area (Å²) in [4.78, 5) is 29.3. The first-order valence-electron chi connectivity index (χ1n) is 8.70. The predicted octanol–water partition coefficient (Wildman–Crippen LogP) is 4.24. The highest BCUT2D eigenvalue weighted by Gasteiger charge is 2.08. The van der Waals surface area contributed by atoms with Gasteiger partial charge in [0.2, 0.25) is 0 Å². The number of aromatic nitrogens is 3. The molecule has 1 amide bonds. The number of anilines is 1. The number of nitrogens with zero attached hydrogens (tertiary/aromatic N) is 4. The molecule has 0 saturated carbocycles. The van der Waals surface area contributed by atoms with Crippen molar-refractivity contribution in [2.24, 2.45) is 5.16 Å². The molecule has 1 N–H and O–H groups in total. The van der Waals surface area contributed by atoms with Crippen LogP contribution in [0.5, 0.6) is 5.75 Å². The van der Waals surface area contributed by atoms with Crippen molar-refractivity contribution in [2.45, 2.75) is 19.5 Å². The molecule has 3 heterocycles.